The molecule has 9 heteroatoms. The molecular weight excluding hydrogens is 476 g/mol. The van der Waals surface area contributed by atoms with Crippen LogP contribution in [0.1, 0.15) is 59.5 Å². The summed E-state index contributed by atoms with van der Waals surface area (Å²) in [7, 11) is 0. The molecule has 1 amide bonds. The van der Waals surface area contributed by atoms with E-state index in [1.54, 1.807) is 24.3 Å². The Hall–Kier alpha value is -4.14. The van der Waals surface area contributed by atoms with Crippen molar-refractivity contribution in [1.29, 1.82) is 0 Å². The summed E-state index contributed by atoms with van der Waals surface area (Å²) >= 11 is 0. The zero-order chi connectivity index (χ0) is 26.7. The quantitative estimate of drug-likeness (QED) is 0.281. The molecule has 2 N–H and O–H groups in total. The molecule has 0 saturated carbocycles. The van der Waals surface area contributed by atoms with Crippen molar-refractivity contribution in [2.45, 2.75) is 46.6 Å². The van der Waals surface area contributed by atoms with Crippen LogP contribution in [0.5, 0.6) is 5.75 Å². The minimum Gasteiger partial charge on any atom is -0.485 e. The van der Waals surface area contributed by atoms with Crippen molar-refractivity contribution in [3.05, 3.63) is 88.5 Å². The van der Waals surface area contributed by atoms with E-state index in [2.05, 4.69) is 39.8 Å². The van der Waals surface area contributed by atoms with E-state index in [0.29, 0.717) is 11.3 Å². The number of carbonyl (C=O) groups is 1. The predicted octanol–water partition coefficient (Wildman–Crippen LogP) is 6.62. The van der Waals surface area contributed by atoms with Gasteiger partial charge in [0, 0.05) is 18.1 Å². The zero-order valence-electron chi connectivity index (χ0n) is 21.3. The summed E-state index contributed by atoms with van der Waals surface area (Å²) in [5, 5.41) is 15.7. The van der Waals surface area contributed by atoms with E-state index in [1.807, 2.05) is 38.1 Å². The second-order valence-electron chi connectivity index (χ2n) is 9.49. The summed E-state index contributed by atoms with van der Waals surface area (Å²) in [5.74, 6) is -2.24. The van der Waals surface area contributed by atoms with Gasteiger partial charge in [0.05, 0.1) is 0 Å². The Morgan fingerprint density at radius 1 is 1.00 bits per heavy atom. The number of amides is 1. The molecule has 0 saturated heterocycles. The van der Waals surface area contributed by atoms with Crippen LogP contribution in [0.15, 0.2) is 60.7 Å². The highest BCUT2D eigenvalue weighted by atomic mass is 19.3. The van der Waals surface area contributed by atoms with Crippen LogP contribution in [0, 0.1) is 19.8 Å². The third-order valence-electron chi connectivity index (χ3n) is 6.13. The van der Waals surface area contributed by atoms with Crippen molar-refractivity contribution < 1.29 is 18.3 Å². The smallest absolute Gasteiger partial charge is 0.270 e. The number of carbonyl (C=O) groups excluding carboxylic acids is 1. The van der Waals surface area contributed by atoms with Crippen LogP contribution < -0.4 is 10.1 Å². The molecule has 0 bridgehead atoms. The second-order valence-corrected chi connectivity index (χ2v) is 9.49. The summed E-state index contributed by atoms with van der Waals surface area (Å²) in [4.78, 5) is 12.4. The van der Waals surface area contributed by atoms with E-state index in [1.165, 1.54) is 12.1 Å². The van der Waals surface area contributed by atoms with Crippen molar-refractivity contribution in [1.82, 2.24) is 20.6 Å². The van der Waals surface area contributed by atoms with Crippen molar-refractivity contribution in [2.75, 3.05) is 5.32 Å². The number of H-pyrrole nitrogens is 1. The molecule has 1 unspecified atom stereocenters. The lowest BCUT2D eigenvalue weighted by Gasteiger charge is -2.24. The molecule has 0 fully saturated rings. The van der Waals surface area contributed by atoms with Gasteiger partial charge in [-0.2, -0.15) is 5.21 Å². The highest BCUT2D eigenvalue weighted by Gasteiger charge is 2.24. The topological polar surface area (TPSA) is 92.8 Å². The molecule has 1 heterocycles. The molecule has 3 aromatic carbocycles. The van der Waals surface area contributed by atoms with Gasteiger partial charge in [0.15, 0.2) is 0 Å². The fraction of sp³-hybridized carbons (Fsp3) is 0.286. The van der Waals surface area contributed by atoms with Gasteiger partial charge in [-0.1, -0.05) is 55.3 Å². The Morgan fingerprint density at radius 2 is 1.62 bits per heavy atom. The number of nitrogens with one attached hydrogen (secondary N) is 2. The molecule has 0 spiro atoms. The number of benzene rings is 3. The largest absolute Gasteiger partial charge is 0.485 e. The molecule has 1 aromatic heterocycles. The lowest BCUT2D eigenvalue weighted by molar-refractivity contribution is 0.0175. The summed E-state index contributed by atoms with van der Waals surface area (Å²) in [6.45, 7) is 9.01. The number of aromatic nitrogens is 4. The van der Waals surface area contributed by atoms with Crippen LogP contribution in [0.2, 0.25) is 0 Å². The highest BCUT2D eigenvalue weighted by molar-refractivity contribution is 6.03. The molecule has 0 aliphatic rings. The van der Waals surface area contributed by atoms with Crippen molar-refractivity contribution in [3.8, 4) is 16.9 Å². The number of hydrogen-bond acceptors (Lipinski definition) is 5. The average Bonchev–Trinajstić information content (AvgIpc) is 3.35. The van der Waals surface area contributed by atoms with Crippen LogP contribution in [0.3, 0.4) is 0 Å². The Balaban J connectivity index is 1.53. The Bertz CT molecular complexity index is 1340. The van der Waals surface area contributed by atoms with Gasteiger partial charge in [-0.05, 0) is 77.1 Å². The Morgan fingerprint density at radius 3 is 2.14 bits per heavy atom. The van der Waals surface area contributed by atoms with E-state index in [9.17, 15) is 13.6 Å². The van der Waals surface area contributed by atoms with E-state index in [4.69, 9.17) is 4.74 Å². The summed E-state index contributed by atoms with van der Waals surface area (Å²) < 4.78 is 33.7. The first-order valence-corrected chi connectivity index (χ1v) is 11.9. The number of alkyl halides is 2. The highest BCUT2D eigenvalue weighted by Crippen LogP contribution is 2.36. The lowest BCUT2D eigenvalue weighted by atomic mass is 9.93. The van der Waals surface area contributed by atoms with Gasteiger partial charge in [0.2, 0.25) is 0 Å². The lowest BCUT2D eigenvalue weighted by Crippen LogP contribution is -2.16. The van der Waals surface area contributed by atoms with Gasteiger partial charge >= 0.3 is 0 Å². The fourth-order valence-electron chi connectivity index (χ4n) is 4.32. The van der Waals surface area contributed by atoms with Gasteiger partial charge in [0.25, 0.3) is 17.8 Å². The van der Waals surface area contributed by atoms with Gasteiger partial charge in [-0.15, -0.1) is 5.10 Å². The van der Waals surface area contributed by atoms with Crippen LogP contribution in [-0.4, -0.2) is 26.5 Å². The maximum Gasteiger partial charge on any atom is 0.270 e. The SMILES string of the molecule is Cc1cc(OC(c2ccc(C(=O)Nc3nn[nH]n3)cc2)C(C)C)cc(C)c1-c1ccc(C(C)(F)F)cc1. The van der Waals surface area contributed by atoms with Crippen LogP contribution >= 0.6 is 0 Å². The summed E-state index contributed by atoms with van der Waals surface area (Å²) in [6.07, 6.45) is -0.245. The molecule has 0 aliphatic carbocycles. The standard InChI is InChI=1S/C28H29F2N5O2/c1-16(2)25(20-6-8-21(9-7-20)26(36)31-27-32-34-35-33-27)37-23-14-17(3)24(18(4)15-23)19-10-12-22(13-11-19)28(5,29)30/h6-16,25H,1-5H3,(H2,31,32,33,34,35,36). The number of aryl methyl sites for hydroxylation is 2. The van der Waals surface area contributed by atoms with Gasteiger partial charge in [-0.3, -0.25) is 10.1 Å². The monoisotopic (exact) mass is 505 g/mol. The summed E-state index contributed by atoms with van der Waals surface area (Å²) in [5.41, 5.74) is 5.23. The number of nitrogens with zero attached hydrogens (tertiary/aromatic N) is 3. The second kappa shape index (κ2) is 10.5. The molecule has 37 heavy (non-hydrogen) atoms. The number of tetrazole rings is 1. The van der Waals surface area contributed by atoms with Gasteiger partial charge in [-0.25, -0.2) is 8.78 Å². The minimum atomic E-state index is -2.87. The first kappa shape index (κ1) is 25.9. The van der Waals surface area contributed by atoms with E-state index >= 15 is 0 Å². The van der Waals surface area contributed by atoms with Gasteiger partial charge in [0.1, 0.15) is 11.9 Å². The molecule has 0 radical (unpaired) electrons. The average molecular weight is 506 g/mol. The maximum absolute atomic E-state index is 13.6. The number of anilines is 1. The van der Waals surface area contributed by atoms with E-state index in [-0.39, 0.29) is 29.4 Å². The van der Waals surface area contributed by atoms with Crippen molar-refractivity contribution in [2.24, 2.45) is 5.92 Å². The molecule has 4 rings (SSSR count). The Kier molecular flexibility index (Phi) is 7.33. The van der Waals surface area contributed by atoms with E-state index in [0.717, 1.165) is 34.7 Å². The first-order chi connectivity index (χ1) is 17.5. The number of hydrogen-bond donors (Lipinski definition) is 2. The van der Waals surface area contributed by atoms with Crippen LogP contribution in [0.4, 0.5) is 14.7 Å². The number of rotatable bonds is 8. The number of aromatic amines is 1. The van der Waals surface area contributed by atoms with Gasteiger partial charge < -0.3 is 4.74 Å². The third-order valence-corrected chi connectivity index (χ3v) is 6.13. The number of ether oxygens (including phenoxy) is 1. The van der Waals surface area contributed by atoms with Crippen molar-refractivity contribution in [3.63, 3.8) is 0 Å². The predicted molar refractivity (Wildman–Crippen MR) is 138 cm³/mol. The van der Waals surface area contributed by atoms with E-state index < -0.39 is 5.92 Å². The molecule has 192 valence electrons. The summed E-state index contributed by atoms with van der Waals surface area (Å²) in [6, 6.07) is 17.5. The fourth-order valence-corrected chi connectivity index (χ4v) is 4.32. The third kappa shape index (κ3) is 5.99. The zero-order valence-corrected chi connectivity index (χ0v) is 21.3. The first-order valence-electron chi connectivity index (χ1n) is 11.9. The minimum absolute atomic E-state index is 0.00963. The normalized spacial score (nSPS) is 12.4. The Labute approximate surface area is 214 Å². The molecule has 1 atom stereocenters. The van der Waals surface area contributed by atoms with Crippen LogP contribution in [-0.2, 0) is 5.92 Å². The van der Waals surface area contributed by atoms with Crippen LogP contribution in [0.25, 0.3) is 11.1 Å². The molecular formula is C28H29F2N5O2. The molecule has 4 aromatic rings. The molecule has 0 aliphatic heterocycles. The number of halogens is 2. The molecule has 7 nitrogen and oxygen atoms in total. The maximum atomic E-state index is 13.6. The van der Waals surface area contributed by atoms with Crippen molar-refractivity contribution >= 4 is 11.9 Å².